The molecule has 0 aliphatic heterocycles. The molecule has 0 spiro atoms. The van der Waals surface area contributed by atoms with Crippen molar-refractivity contribution >= 4 is 11.7 Å². The van der Waals surface area contributed by atoms with E-state index < -0.39 is 0 Å². The zero-order chi connectivity index (χ0) is 10.6. The number of hydrogen-bond donors (Lipinski definition) is 2. The van der Waals surface area contributed by atoms with E-state index in [0.29, 0.717) is 0 Å². The Balaban J connectivity index is 2.65. The minimum atomic E-state index is -0.126. The van der Waals surface area contributed by atoms with Gasteiger partial charge < -0.3 is 5.32 Å². The molecule has 0 aromatic heterocycles. The normalized spacial score (nSPS) is 9.93. The van der Waals surface area contributed by atoms with Gasteiger partial charge in [-0.2, -0.15) is 0 Å². The lowest BCUT2D eigenvalue weighted by molar-refractivity contribution is -0.122. The Morgan fingerprint density at radius 2 is 1.86 bits per heavy atom. The summed E-state index contributed by atoms with van der Waals surface area (Å²) in [7, 11) is 0. The lowest BCUT2D eigenvalue weighted by Gasteiger charge is -2.08. The molecular formula is C11H14N2O. The summed E-state index contributed by atoms with van der Waals surface area (Å²) >= 11 is 0. The van der Waals surface area contributed by atoms with Gasteiger partial charge in [-0.25, -0.2) is 0 Å². The van der Waals surface area contributed by atoms with E-state index in [4.69, 9.17) is 5.41 Å². The molecule has 1 aromatic rings. The molecule has 1 amide bonds. The van der Waals surface area contributed by atoms with E-state index >= 15 is 0 Å². The first-order chi connectivity index (χ1) is 6.61. The predicted molar refractivity (Wildman–Crippen MR) is 56.3 cm³/mol. The van der Waals surface area contributed by atoms with E-state index in [-0.39, 0.29) is 17.7 Å². The molecule has 0 aliphatic carbocycles. The molecule has 14 heavy (non-hydrogen) atoms. The SMILES string of the molecule is CC(C)C(=O)NC(=N)c1ccccc1. The highest BCUT2D eigenvalue weighted by Crippen LogP contribution is 1.99. The maximum absolute atomic E-state index is 11.3. The molecule has 0 bridgehead atoms. The number of amidine groups is 1. The summed E-state index contributed by atoms with van der Waals surface area (Å²) in [6.45, 7) is 3.60. The summed E-state index contributed by atoms with van der Waals surface area (Å²) in [6.07, 6.45) is 0. The van der Waals surface area contributed by atoms with Gasteiger partial charge in [0.05, 0.1) is 0 Å². The Morgan fingerprint density at radius 1 is 1.29 bits per heavy atom. The summed E-state index contributed by atoms with van der Waals surface area (Å²) in [5.41, 5.74) is 0.724. The quantitative estimate of drug-likeness (QED) is 0.542. The zero-order valence-electron chi connectivity index (χ0n) is 8.37. The Morgan fingerprint density at radius 3 is 2.36 bits per heavy atom. The van der Waals surface area contributed by atoms with Crippen LogP contribution in [-0.2, 0) is 4.79 Å². The fourth-order valence-electron chi connectivity index (χ4n) is 0.945. The molecule has 3 heteroatoms. The molecule has 0 atom stereocenters. The molecule has 0 saturated carbocycles. The van der Waals surface area contributed by atoms with Crippen LogP contribution in [0.1, 0.15) is 19.4 Å². The minimum absolute atomic E-state index is 0.0981. The first-order valence-electron chi connectivity index (χ1n) is 4.56. The lowest BCUT2D eigenvalue weighted by Crippen LogP contribution is -2.33. The van der Waals surface area contributed by atoms with Gasteiger partial charge in [-0.05, 0) is 0 Å². The van der Waals surface area contributed by atoms with Gasteiger partial charge in [0.15, 0.2) is 0 Å². The first kappa shape index (κ1) is 10.4. The van der Waals surface area contributed by atoms with Gasteiger partial charge in [-0.15, -0.1) is 0 Å². The third kappa shape index (κ3) is 2.69. The molecule has 74 valence electrons. The molecule has 3 nitrogen and oxygen atoms in total. The summed E-state index contributed by atoms with van der Waals surface area (Å²) in [5.74, 6) is -0.0674. The highest BCUT2D eigenvalue weighted by atomic mass is 16.1. The molecule has 0 unspecified atom stereocenters. The van der Waals surface area contributed by atoms with Gasteiger partial charge >= 0.3 is 0 Å². The number of carbonyl (C=O) groups is 1. The van der Waals surface area contributed by atoms with Gasteiger partial charge in [-0.1, -0.05) is 44.2 Å². The standard InChI is InChI=1S/C11H14N2O/c1-8(2)11(14)13-10(12)9-6-4-3-5-7-9/h3-8H,1-2H3,(H2,12,13,14). The van der Waals surface area contributed by atoms with Crippen molar-refractivity contribution < 1.29 is 4.79 Å². The summed E-state index contributed by atoms with van der Waals surface area (Å²) < 4.78 is 0. The van der Waals surface area contributed by atoms with E-state index in [2.05, 4.69) is 5.32 Å². The summed E-state index contributed by atoms with van der Waals surface area (Å²) in [5, 5.41) is 10.2. The molecular weight excluding hydrogens is 176 g/mol. The van der Waals surface area contributed by atoms with Crippen LogP contribution in [0, 0.1) is 11.3 Å². The van der Waals surface area contributed by atoms with Crippen LogP contribution in [0.5, 0.6) is 0 Å². The lowest BCUT2D eigenvalue weighted by atomic mass is 10.1. The number of carbonyl (C=O) groups excluding carboxylic acids is 1. The van der Waals surface area contributed by atoms with Crippen molar-refractivity contribution in [2.45, 2.75) is 13.8 Å². The average molecular weight is 190 g/mol. The second-order valence-corrected chi connectivity index (χ2v) is 3.38. The van der Waals surface area contributed by atoms with Crippen molar-refractivity contribution in [3.63, 3.8) is 0 Å². The topological polar surface area (TPSA) is 53.0 Å². The van der Waals surface area contributed by atoms with Crippen molar-refractivity contribution in [1.82, 2.24) is 5.32 Å². The fraction of sp³-hybridized carbons (Fsp3) is 0.273. The third-order valence-corrected chi connectivity index (χ3v) is 1.84. The van der Waals surface area contributed by atoms with E-state index in [9.17, 15) is 4.79 Å². The molecule has 1 rings (SSSR count). The predicted octanol–water partition coefficient (Wildman–Crippen LogP) is 1.78. The smallest absolute Gasteiger partial charge is 0.228 e. The monoisotopic (exact) mass is 190 g/mol. The molecule has 0 saturated heterocycles. The summed E-state index contributed by atoms with van der Waals surface area (Å²) in [6, 6.07) is 9.14. The third-order valence-electron chi connectivity index (χ3n) is 1.84. The van der Waals surface area contributed by atoms with Gasteiger partial charge in [0.2, 0.25) is 5.91 Å². The van der Waals surface area contributed by atoms with E-state index in [1.54, 1.807) is 26.0 Å². The average Bonchev–Trinajstić information content (AvgIpc) is 2.19. The highest BCUT2D eigenvalue weighted by molar-refractivity contribution is 6.06. The molecule has 1 aromatic carbocycles. The van der Waals surface area contributed by atoms with Crippen molar-refractivity contribution in [1.29, 1.82) is 5.41 Å². The van der Waals surface area contributed by atoms with Crippen molar-refractivity contribution in [2.75, 3.05) is 0 Å². The van der Waals surface area contributed by atoms with Gasteiger partial charge in [-0.3, -0.25) is 10.2 Å². The second-order valence-electron chi connectivity index (χ2n) is 3.38. The maximum atomic E-state index is 11.3. The Bertz CT molecular complexity index is 330. The number of benzene rings is 1. The van der Waals surface area contributed by atoms with E-state index in [1.807, 2.05) is 18.2 Å². The van der Waals surface area contributed by atoms with E-state index in [0.717, 1.165) is 5.56 Å². The maximum Gasteiger partial charge on any atom is 0.228 e. The number of rotatable bonds is 2. The largest absolute Gasteiger partial charge is 0.310 e. The Hall–Kier alpha value is -1.64. The number of nitrogens with one attached hydrogen (secondary N) is 2. The van der Waals surface area contributed by atoms with Crippen LogP contribution in [0.4, 0.5) is 0 Å². The Kier molecular flexibility index (Phi) is 3.40. The number of amides is 1. The van der Waals surface area contributed by atoms with Gasteiger partial charge in [0.1, 0.15) is 5.84 Å². The molecule has 0 radical (unpaired) electrons. The summed E-state index contributed by atoms with van der Waals surface area (Å²) in [4.78, 5) is 11.3. The second kappa shape index (κ2) is 4.56. The van der Waals surface area contributed by atoms with Crippen molar-refractivity contribution in [3.8, 4) is 0 Å². The zero-order valence-corrected chi connectivity index (χ0v) is 8.37. The van der Waals surface area contributed by atoms with Gasteiger partial charge in [0.25, 0.3) is 0 Å². The first-order valence-corrected chi connectivity index (χ1v) is 4.56. The van der Waals surface area contributed by atoms with Crippen LogP contribution in [0.3, 0.4) is 0 Å². The molecule has 2 N–H and O–H groups in total. The minimum Gasteiger partial charge on any atom is -0.310 e. The van der Waals surface area contributed by atoms with Crippen LogP contribution >= 0.6 is 0 Å². The molecule has 0 aliphatic rings. The number of hydrogen-bond acceptors (Lipinski definition) is 2. The Labute approximate surface area is 83.7 Å². The van der Waals surface area contributed by atoms with Crippen LogP contribution in [0.25, 0.3) is 0 Å². The highest BCUT2D eigenvalue weighted by Gasteiger charge is 2.09. The van der Waals surface area contributed by atoms with Crippen LogP contribution in [-0.4, -0.2) is 11.7 Å². The van der Waals surface area contributed by atoms with Crippen LogP contribution in [0.2, 0.25) is 0 Å². The van der Waals surface area contributed by atoms with Crippen molar-refractivity contribution in [2.24, 2.45) is 5.92 Å². The van der Waals surface area contributed by atoms with Crippen LogP contribution < -0.4 is 5.32 Å². The molecule has 0 fully saturated rings. The van der Waals surface area contributed by atoms with Crippen molar-refractivity contribution in [3.05, 3.63) is 35.9 Å². The molecule has 0 heterocycles. The fourth-order valence-corrected chi connectivity index (χ4v) is 0.945. The van der Waals surface area contributed by atoms with Gasteiger partial charge in [0, 0.05) is 11.5 Å². The van der Waals surface area contributed by atoms with Crippen LogP contribution in [0.15, 0.2) is 30.3 Å². The van der Waals surface area contributed by atoms with E-state index in [1.165, 1.54) is 0 Å².